The summed E-state index contributed by atoms with van der Waals surface area (Å²) in [6.07, 6.45) is 3.38. The third-order valence-corrected chi connectivity index (χ3v) is 4.81. The minimum atomic E-state index is -0.154. The van der Waals surface area contributed by atoms with Crippen LogP contribution in [0.5, 0.6) is 5.75 Å². The standard InChI is InChI=1S/C19H20N4O3S/c1-4-10-23-18(14-9-11-26-13(14)2)21-22-19(23)27-12-17(24)20-15-7-5-6-8-16(15)25-3/h4-9,11H,1,10,12H2,2-3H3,(H,20,24). The number of allylic oxidation sites excluding steroid dienone is 1. The summed E-state index contributed by atoms with van der Waals surface area (Å²) in [4.78, 5) is 12.3. The number of thioether (sulfide) groups is 1. The lowest BCUT2D eigenvalue weighted by Gasteiger charge is -2.10. The van der Waals surface area contributed by atoms with Crippen LogP contribution in [0.25, 0.3) is 11.4 Å². The number of furan rings is 1. The second-order valence-electron chi connectivity index (χ2n) is 5.63. The molecule has 0 saturated carbocycles. The van der Waals surface area contributed by atoms with Crippen LogP contribution >= 0.6 is 11.8 Å². The molecule has 0 spiro atoms. The van der Waals surface area contributed by atoms with Gasteiger partial charge < -0.3 is 14.5 Å². The Bertz CT molecular complexity index is 948. The summed E-state index contributed by atoms with van der Waals surface area (Å²) in [6.45, 7) is 6.19. The number of hydrogen-bond donors (Lipinski definition) is 1. The smallest absolute Gasteiger partial charge is 0.234 e. The Labute approximate surface area is 161 Å². The van der Waals surface area contributed by atoms with Gasteiger partial charge in [-0.1, -0.05) is 30.0 Å². The highest BCUT2D eigenvalue weighted by molar-refractivity contribution is 7.99. The van der Waals surface area contributed by atoms with E-state index in [2.05, 4.69) is 22.1 Å². The van der Waals surface area contributed by atoms with Gasteiger partial charge in [0.05, 0.1) is 30.4 Å². The molecule has 3 rings (SSSR count). The molecule has 0 radical (unpaired) electrons. The van der Waals surface area contributed by atoms with Crippen molar-refractivity contribution in [2.75, 3.05) is 18.2 Å². The van der Waals surface area contributed by atoms with Gasteiger partial charge in [0.2, 0.25) is 5.91 Å². The van der Waals surface area contributed by atoms with E-state index >= 15 is 0 Å². The van der Waals surface area contributed by atoms with E-state index < -0.39 is 0 Å². The predicted molar refractivity (Wildman–Crippen MR) is 105 cm³/mol. The van der Waals surface area contributed by atoms with Gasteiger partial charge in [-0.2, -0.15) is 0 Å². The summed E-state index contributed by atoms with van der Waals surface area (Å²) in [5.41, 5.74) is 1.50. The molecule has 0 saturated heterocycles. The second-order valence-corrected chi connectivity index (χ2v) is 6.58. The predicted octanol–water partition coefficient (Wildman–Crippen LogP) is 3.77. The molecule has 2 aromatic heterocycles. The van der Waals surface area contributed by atoms with Crippen LogP contribution in [0.2, 0.25) is 0 Å². The number of anilines is 1. The van der Waals surface area contributed by atoms with Crippen LogP contribution in [0.1, 0.15) is 5.76 Å². The number of benzene rings is 1. The number of rotatable bonds is 8. The maximum atomic E-state index is 12.3. The number of methoxy groups -OCH3 is 1. The van der Waals surface area contributed by atoms with Crippen LogP contribution in [0.4, 0.5) is 5.69 Å². The number of amides is 1. The van der Waals surface area contributed by atoms with Crippen molar-refractivity contribution in [1.82, 2.24) is 14.8 Å². The molecule has 0 aliphatic carbocycles. The molecule has 0 unspecified atom stereocenters. The maximum Gasteiger partial charge on any atom is 0.234 e. The summed E-state index contributed by atoms with van der Waals surface area (Å²) < 4.78 is 12.5. The quantitative estimate of drug-likeness (QED) is 0.470. The average molecular weight is 384 g/mol. The van der Waals surface area contributed by atoms with Crippen LogP contribution in [-0.2, 0) is 11.3 Å². The lowest BCUT2D eigenvalue weighted by atomic mass is 10.2. The summed E-state index contributed by atoms with van der Waals surface area (Å²) in [7, 11) is 1.57. The number of para-hydroxylation sites is 2. The lowest BCUT2D eigenvalue weighted by Crippen LogP contribution is -2.15. The third kappa shape index (κ3) is 4.22. The van der Waals surface area contributed by atoms with E-state index in [-0.39, 0.29) is 11.7 Å². The first-order valence-electron chi connectivity index (χ1n) is 8.28. The van der Waals surface area contributed by atoms with Crippen molar-refractivity contribution < 1.29 is 13.9 Å². The van der Waals surface area contributed by atoms with Gasteiger partial charge in [0, 0.05) is 6.54 Å². The van der Waals surface area contributed by atoms with Crippen LogP contribution in [0.15, 0.2) is 58.8 Å². The first kappa shape index (κ1) is 18.8. The molecule has 2 heterocycles. The van der Waals surface area contributed by atoms with Crippen molar-refractivity contribution in [3.63, 3.8) is 0 Å². The molecular formula is C19H20N4O3S. The molecule has 1 aromatic carbocycles. The van der Waals surface area contributed by atoms with Gasteiger partial charge in [0.25, 0.3) is 0 Å². The van der Waals surface area contributed by atoms with Gasteiger partial charge in [0.1, 0.15) is 11.5 Å². The molecular weight excluding hydrogens is 364 g/mol. The number of nitrogens with one attached hydrogen (secondary N) is 1. The summed E-state index contributed by atoms with van der Waals surface area (Å²) in [5.74, 6) is 2.10. The maximum absolute atomic E-state index is 12.3. The highest BCUT2D eigenvalue weighted by Gasteiger charge is 2.18. The van der Waals surface area contributed by atoms with Crippen molar-refractivity contribution in [1.29, 1.82) is 0 Å². The fourth-order valence-corrected chi connectivity index (χ4v) is 3.32. The largest absolute Gasteiger partial charge is 0.495 e. The van der Waals surface area contributed by atoms with Crippen LogP contribution < -0.4 is 10.1 Å². The monoisotopic (exact) mass is 384 g/mol. The zero-order valence-corrected chi connectivity index (χ0v) is 16.0. The van der Waals surface area contributed by atoms with Crippen molar-refractivity contribution in [2.24, 2.45) is 0 Å². The number of carbonyl (C=O) groups excluding carboxylic acids is 1. The Kier molecular flexibility index (Phi) is 5.97. The first-order valence-corrected chi connectivity index (χ1v) is 9.26. The Hall–Kier alpha value is -3.00. The lowest BCUT2D eigenvalue weighted by molar-refractivity contribution is -0.113. The van der Waals surface area contributed by atoms with Crippen LogP contribution in [0, 0.1) is 6.92 Å². The fraction of sp³-hybridized carbons (Fsp3) is 0.211. The van der Waals surface area contributed by atoms with Crippen LogP contribution in [0.3, 0.4) is 0 Å². The van der Waals surface area contributed by atoms with Crippen molar-refractivity contribution in [3.8, 4) is 17.1 Å². The summed E-state index contributed by atoms with van der Waals surface area (Å²) >= 11 is 1.31. The number of nitrogens with zero attached hydrogens (tertiary/aromatic N) is 3. The molecule has 27 heavy (non-hydrogen) atoms. The van der Waals surface area contributed by atoms with Gasteiger partial charge in [-0.05, 0) is 25.1 Å². The molecule has 0 atom stereocenters. The molecule has 140 valence electrons. The Morgan fingerprint density at radius 3 is 2.89 bits per heavy atom. The van der Waals surface area contributed by atoms with E-state index in [1.807, 2.05) is 29.7 Å². The summed E-state index contributed by atoms with van der Waals surface area (Å²) in [5, 5.41) is 12.0. The number of aryl methyl sites for hydroxylation is 1. The highest BCUT2D eigenvalue weighted by atomic mass is 32.2. The van der Waals surface area contributed by atoms with Gasteiger partial charge >= 0.3 is 0 Å². The Morgan fingerprint density at radius 2 is 2.19 bits per heavy atom. The second kappa shape index (κ2) is 8.59. The molecule has 8 heteroatoms. The minimum Gasteiger partial charge on any atom is -0.495 e. The molecule has 3 aromatic rings. The van der Waals surface area contributed by atoms with Gasteiger partial charge in [-0.3, -0.25) is 9.36 Å². The topological polar surface area (TPSA) is 82.2 Å². The van der Waals surface area contributed by atoms with E-state index in [1.54, 1.807) is 31.6 Å². The van der Waals surface area contributed by atoms with Crippen molar-refractivity contribution >= 4 is 23.4 Å². The number of aromatic nitrogens is 3. The Morgan fingerprint density at radius 1 is 1.37 bits per heavy atom. The number of hydrogen-bond acceptors (Lipinski definition) is 6. The van der Waals surface area contributed by atoms with E-state index in [0.717, 1.165) is 11.3 Å². The first-order chi connectivity index (χ1) is 13.1. The SMILES string of the molecule is C=CCn1c(SCC(=O)Nc2ccccc2OC)nnc1-c1ccoc1C. The fourth-order valence-electron chi connectivity index (χ4n) is 2.57. The number of carbonyl (C=O) groups is 1. The zero-order chi connectivity index (χ0) is 19.2. The minimum absolute atomic E-state index is 0.154. The molecule has 7 nitrogen and oxygen atoms in total. The summed E-state index contributed by atoms with van der Waals surface area (Å²) in [6, 6.07) is 9.12. The molecule has 1 N–H and O–H groups in total. The van der Waals surface area contributed by atoms with Gasteiger partial charge in [-0.25, -0.2) is 0 Å². The van der Waals surface area contributed by atoms with Crippen molar-refractivity contribution in [2.45, 2.75) is 18.6 Å². The van der Waals surface area contributed by atoms with E-state index in [1.165, 1.54) is 11.8 Å². The number of ether oxygens (including phenoxy) is 1. The average Bonchev–Trinajstić information content (AvgIpc) is 3.26. The van der Waals surface area contributed by atoms with Gasteiger partial charge in [0.15, 0.2) is 11.0 Å². The normalized spacial score (nSPS) is 10.6. The third-order valence-electron chi connectivity index (χ3n) is 3.84. The highest BCUT2D eigenvalue weighted by Crippen LogP contribution is 2.28. The van der Waals surface area contributed by atoms with Gasteiger partial charge in [-0.15, -0.1) is 16.8 Å². The Balaban J connectivity index is 1.72. The molecule has 0 fully saturated rings. The molecule has 0 aliphatic rings. The molecule has 0 bridgehead atoms. The van der Waals surface area contributed by atoms with E-state index in [4.69, 9.17) is 9.15 Å². The van der Waals surface area contributed by atoms with Crippen molar-refractivity contribution in [3.05, 3.63) is 55.0 Å². The van der Waals surface area contributed by atoms with Crippen LogP contribution in [-0.4, -0.2) is 33.5 Å². The molecule has 1 amide bonds. The van der Waals surface area contributed by atoms with E-state index in [0.29, 0.717) is 29.0 Å². The molecule has 0 aliphatic heterocycles. The van der Waals surface area contributed by atoms with E-state index in [9.17, 15) is 4.79 Å². The zero-order valence-electron chi connectivity index (χ0n) is 15.1.